The van der Waals surface area contributed by atoms with Gasteiger partial charge in [0.2, 0.25) is 0 Å². The maximum Gasteiger partial charge on any atom is 0.0595 e. The molecule has 3 N–H and O–H groups in total. The van der Waals surface area contributed by atoms with Gasteiger partial charge in [-0.3, -0.25) is 0 Å². The van der Waals surface area contributed by atoms with E-state index >= 15 is 0 Å². The third-order valence-corrected chi connectivity index (χ3v) is 2.84. The van der Waals surface area contributed by atoms with E-state index in [-0.39, 0.29) is 0 Å². The number of hydrogen-bond acceptors (Lipinski definition) is 2. The Bertz CT molecular complexity index is 350. The lowest BCUT2D eigenvalue weighted by molar-refractivity contribution is 0.0714. The molecule has 2 nitrogen and oxygen atoms in total. The van der Waals surface area contributed by atoms with Crippen LogP contribution in [0.2, 0.25) is 0 Å². The highest BCUT2D eigenvalue weighted by Gasteiger charge is 2.13. The first-order valence-electron chi connectivity index (χ1n) is 5.90. The fourth-order valence-corrected chi connectivity index (χ4v) is 1.64. The Kier molecular flexibility index (Phi) is 3.98. The summed E-state index contributed by atoms with van der Waals surface area (Å²) in [5.74, 6) is 0.515. The molecular formula is C14H23NO. The zero-order chi connectivity index (χ0) is 12.3. The van der Waals surface area contributed by atoms with E-state index < -0.39 is 5.60 Å². The molecule has 0 unspecified atom stereocenters. The molecule has 0 fully saturated rings. The quantitative estimate of drug-likeness (QED) is 0.767. The van der Waals surface area contributed by atoms with E-state index in [1.54, 1.807) is 0 Å². The summed E-state index contributed by atoms with van der Waals surface area (Å²) in [6.07, 6.45) is 1.56. The second-order valence-electron chi connectivity index (χ2n) is 5.43. The molecule has 0 radical (unpaired) electrons. The molecule has 0 atom stereocenters. The Morgan fingerprint density at radius 2 is 1.94 bits per heavy atom. The third-order valence-electron chi connectivity index (χ3n) is 2.84. The summed E-state index contributed by atoms with van der Waals surface area (Å²) >= 11 is 0. The van der Waals surface area contributed by atoms with Crippen LogP contribution < -0.4 is 5.73 Å². The molecule has 0 saturated heterocycles. The Labute approximate surface area is 98.5 Å². The summed E-state index contributed by atoms with van der Waals surface area (Å²) in [4.78, 5) is 0. The van der Waals surface area contributed by atoms with Crippen LogP contribution in [0.1, 0.15) is 51.2 Å². The molecule has 90 valence electrons. The van der Waals surface area contributed by atoms with Gasteiger partial charge in [0.25, 0.3) is 0 Å². The van der Waals surface area contributed by atoms with Crippen molar-refractivity contribution in [3.05, 3.63) is 29.3 Å². The van der Waals surface area contributed by atoms with Crippen molar-refractivity contribution in [2.45, 2.75) is 52.1 Å². The van der Waals surface area contributed by atoms with Crippen molar-refractivity contribution in [3.63, 3.8) is 0 Å². The highest BCUT2D eigenvalue weighted by atomic mass is 16.3. The average Bonchev–Trinajstić information content (AvgIpc) is 2.14. The van der Waals surface area contributed by atoms with Gasteiger partial charge in [-0.1, -0.05) is 26.0 Å². The predicted octanol–water partition coefficient (Wildman–Crippen LogP) is 3.10. The first-order chi connectivity index (χ1) is 7.29. The van der Waals surface area contributed by atoms with Gasteiger partial charge in [0, 0.05) is 5.69 Å². The van der Waals surface area contributed by atoms with Crippen LogP contribution >= 0.6 is 0 Å². The molecule has 0 aliphatic rings. The number of anilines is 1. The predicted molar refractivity (Wildman–Crippen MR) is 69.6 cm³/mol. The molecule has 1 rings (SSSR count). The fraction of sp³-hybridized carbons (Fsp3) is 0.571. The SMILES string of the molecule is CC(C)c1ccc(N)c(CCC(C)(C)O)c1. The van der Waals surface area contributed by atoms with Gasteiger partial charge in [-0.15, -0.1) is 0 Å². The van der Waals surface area contributed by atoms with Gasteiger partial charge < -0.3 is 10.8 Å². The van der Waals surface area contributed by atoms with Crippen LogP contribution in [0.3, 0.4) is 0 Å². The zero-order valence-corrected chi connectivity index (χ0v) is 10.7. The Morgan fingerprint density at radius 3 is 2.44 bits per heavy atom. The van der Waals surface area contributed by atoms with Crippen LogP contribution in [-0.4, -0.2) is 10.7 Å². The third kappa shape index (κ3) is 3.86. The van der Waals surface area contributed by atoms with Crippen molar-refractivity contribution in [2.24, 2.45) is 0 Å². The van der Waals surface area contributed by atoms with Gasteiger partial charge >= 0.3 is 0 Å². The summed E-state index contributed by atoms with van der Waals surface area (Å²) in [7, 11) is 0. The molecule has 0 aromatic heterocycles. The molecule has 1 aromatic rings. The minimum atomic E-state index is -0.625. The normalized spacial score (nSPS) is 12.1. The number of rotatable bonds is 4. The van der Waals surface area contributed by atoms with Crippen molar-refractivity contribution in [3.8, 4) is 0 Å². The monoisotopic (exact) mass is 221 g/mol. The number of hydrogen-bond donors (Lipinski definition) is 2. The molecule has 0 saturated carbocycles. The van der Waals surface area contributed by atoms with Crippen molar-refractivity contribution in [1.29, 1.82) is 0 Å². The molecule has 0 bridgehead atoms. The van der Waals surface area contributed by atoms with Gasteiger partial charge in [0.1, 0.15) is 0 Å². The van der Waals surface area contributed by atoms with Crippen LogP contribution in [0.25, 0.3) is 0 Å². The summed E-state index contributed by atoms with van der Waals surface area (Å²) < 4.78 is 0. The van der Waals surface area contributed by atoms with Crippen LogP contribution in [0.15, 0.2) is 18.2 Å². The van der Waals surface area contributed by atoms with Crippen molar-refractivity contribution >= 4 is 5.69 Å². The number of aliphatic hydroxyl groups is 1. The maximum absolute atomic E-state index is 9.71. The van der Waals surface area contributed by atoms with E-state index in [0.29, 0.717) is 5.92 Å². The number of aryl methyl sites for hydroxylation is 1. The lowest BCUT2D eigenvalue weighted by Crippen LogP contribution is -2.19. The second-order valence-corrected chi connectivity index (χ2v) is 5.43. The standard InChI is InChI=1S/C14H23NO/c1-10(2)11-5-6-13(15)12(9-11)7-8-14(3,4)16/h5-6,9-10,16H,7-8,15H2,1-4H3. The van der Waals surface area contributed by atoms with Gasteiger partial charge in [0.05, 0.1) is 5.60 Å². The van der Waals surface area contributed by atoms with E-state index in [0.717, 1.165) is 24.1 Å². The van der Waals surface area contributed by atoms with Crippen LogP contribution in [0.5, 0.6) is 0 Å². The summed E-state index contributed by atoms with van der Waals surface area (Å²) in [6.45, 7) is 8.00. The molecule has 2 heteroatoms. The van der Waals surface area contributed by atoms with Crippen molar-refractivity contribution in [2.75, 3.05) is 5.73 Å². The Morgan fingerprint density at radius 1 is 1.31 bits per heavy atom. The van der Waals surface area contributed by atoms with Crippen LogP contribution in [0, 0.1) is 0 Å². The Hall–Kier alpha value is -1.02. The molecular weight excluding hydrogens is 198 g/mol. The maximum atomic E-state index is 9.71. The van der Waals surface area contributed by atoms with E-state index in [4.69, 9.17) is 5.73 Å². The number of nitrogen functional groups attached to an aromatic ring is 1. The fourth-order valence-electron chi connectivity index (χ4n) is 1.64. The smallest absolute Gasteiger partial charge is 0.0595 e. The zero-order valence-electron chi connectivity index (χ0n) is 10.7. The molecule has 0 aliphatic carbocycles. The molecule has 0 aliphatic heterocycles. The topological polar surface area (TPSA) is 46.2 Å². The minimum Gasteiger partial charge on any atom is -0.399 e. The summed E-state index contributed by atoms with van der Waals surface area (Å²) in [5, 5.41) is 9.71. The second kappa shape index (κ2) is 4.88. The van der Waals surface area contributed by atoms with Crippen molar-refractivity contribution < 1.29 is 5.11 Å². The molecule has 16 heavy (non-hydrogen) atoms. The van der Waals surface area contributed by atoms with Gasteiger partial charge in [-0.05, 0) is 49.8 Å². The van der Waals surface area contributed by atoms with E-state index in [2.05, 4.69) is 26.0 Å². The first kappa shape index (κ1) is 13.0. The molecule has 0 amide bonds. The van der Waals surface area contributed by atoms with Crippen LogP contribution in [0.4, 0.5) is 5.69 Å². The van der Waals surface area contributed by atoms with E-state index in [1.807, 2.05) is 19.9 Å². The highest BCUT2D eigenvalue weighted by Crippen LogP contribution is 2.23. The number of nitrogens with two attached hydrogens (primary N) is 1. The minimum absolute atomic E-state index is 0.515. The highest BCUT2D eigenvalue weighted by molar-refractivity contribution is 5.49. The van der Waals surface area contributed by atoms with E-state index in [9.17, 15) is 5.11 Å². The Balaban J connectivity index is 2.82. The van der Waals surface area contributed by atoms with Crippen molar-refractivity contribution in [1.82, 2.24) is 0 Å². The largest absolute Gasteiger partial charge is 0.399 e. The first-order valence-corrected chi connectivity index (χ1v) is 5.90. The lowest BCUT2D eigenvalue weighted by atomic mass is 9.94. The van der Waals surface area contributed by atoms with Crippen LogP contribution in [-0.2, 0) is 6.42 Å². The van der Waals surface area contributed by atoms with Gasteiger partial charge in [0.15, 0.2) is 0 Å². The van der Waals surface area contributed by atoms with Gasteiger partial charge in [-0.2, -0.15) is 0 Å². The average molecular weight is 221 g/mol. The van der Waals surface area contributed by atoms with Gasteiger partial charge in [-0.25, -0.2) is 0 Å². The molecule has 0 heterocycles. The summed E-state index contributed by atoms with van der Waals surface area (Å²) in [5.41, 5.74) is 8.59. The summed E-state index contributed by atoms with van der Waals surface area (Å²) in [6, 6.07) is 6.20. The van der Waals surface area contributed by atoms with E-state index in [1.165, 1.54) is 5.56 Å². The molecule has 1 aromatic carbocycles. The number of benzene rings is 1. The molecule has 0 spiro atoms. The lowest BCUT2D eigenvalue weighted by Gasteiger charge is -2.18.